The molecule has 0 aromatic carbocycles. The van der Waals surface area contributed by atoms with E-state index < -0.39 is 6.10 Å². The molecule has 4 nitrogen and oxygen atoms in total. The van der Waals surface area contributed by atoms with Gasteiger partial charge in [0.15, 0.2) is 0 Å². The molecule has 0 aliphatic carbocycles. The van der Waals surface area contributed by atoms with E-state index in [0.717, 1.165) is 12.8 Å². The van der Waals surface area contributed by atoms with Gasteiger partial charge < -0.3 is 15.1 Å². The third-order valence-electron chi connectivity index (χ3n) is 2.04. The van der Waals surface area contributed by atoms with Crippen LogP contribution in [0.1, 0.15) is 19.3 Å². The molecule has 0 spiro atoms. The van der Waals surface area contributed by atoms with E-state index in [1.165, 1.54) is 6.08 Å². The number of aliphatic hydroxyl groups excluding tert-OH is 2. The molecule has 1 atom stereocenters. The molecule has 0 aromatic heterocycles. The zero-order chi connectivity index (χ0) is 11.0. The lowest BCUT2D eigenvalue weighted by molar-refractivity contribution is -0.124. The topological polar surface area (TPSA) is 60.8 Å². The van der Waals surface area contributed by atoms with Crippen molar-refractivity contribution >= 4 is 5.91 Å². The van der Waals surface area contributed by atoms with Crippen molar-refractivity contribution < 1.29 is 15.0 Å². The minimum Gasteiger partial charge on any atom is -0.394 e. The molecule has 4 heteroatoms. The van der Waals surface area contributed by atoms with Gasteiger partial charge in [0.1, 0.15) is 0 Å². The Morgan fingerprint density at radius 2 is 2.21 bits per heavy atom. The van der Waals surface area contributed by atoms with Gasteiger partial charge in [-0.05, 0) is 25.3 Å². The van der Waals surface area contributed by atoms with E-state index in [1.807, 2.05) is 0 Å². The highest BCUT2D eigenvalue weighted by atomic mass is 16.3. The first-order valence-corrected chi connectivity index (χ1v) is 4.78. The SMILES string of the molecule is C=CC(=O)N(C)CCCCC(O)CO. The zero-order valence-electron chi connectivity index (χ0n) is 8.65. The third-order valence-corrected chi connectivity index (χ3v) is 2.04. The number of carbonyl (C=O) groups is 1. The van der Waals surface area contributed by atoms with Gasteiger partial charge in [-0.15, -0.1) is 0 Å². The Bertz CT molecular complexity index is 182. The standard InChI is InChI=1S/C10H19NO3/c1-3-10(14)11(2)7-5-4-6-9(13)8-12/h3,9,12-13H,1,4-8H2,2H3. The molecule has 0 bridgehead atoms. The number of carbonyl (C=O) groups excluding carboxylic acids is 1. The van der Waals surface area contributed by atoms with Crippen molar-refractivity contribution in [2.75, 3.05) is 20.2 Å². The van der Waals surface area contributed by atoms with Gasteiger partial charge >= 0.3 is 0 Å². The van der Waals surface area contributed by atoms with Crippen LogP contribution < -0.4 is 0 Å². The highest BCUT2D eigenvalue weighted by molar-refractivity contribution is 5.86. The number of rotatable bonds is 7. The fourth-order valence-electron chi connectivity index (χ4n) is 1.09. The second-order valence-corrected chi connectivity index (χ2v) is 3.30. The van der Waals surface area contributed by atoms with Crippen LogP contribution in [-0.4, -0.2) is 47.3 Å². The molecule has 82 valence electrons. The number of nitrogens with zero attached hydrogens (tertiary/aromatic N) is 1. The van der Waals surface area contributed by atoms with E-state index in [9.17, 15) is 4.79 Å². The molecule has 0 saturated carbocycles. The normalized spacial score (nSPS) is 12.2. The number of amides is 1. The lowest BCUT2D eigenvalue weighted by Crippen LogP contribution is -2.25. The summed E-state index contributed by atoms with van der Waals surface area (Å²) in [4.78, 5) is 12.6. The van der Waals surface area contributed by atoms with Gasteiger partial charge in [-0.3, -0.25) is 4.79 Å². The van der Waals surface area contributed by atoms with Crippen LogP contribution in [0.3, 0.4) is 0 Å². The van der Waals surface area contributed by atoms with E-state index in [4.69, 9.17) is 10.2 Å². The predicted octanol–water partition coefficient (Wildman–Crippen LogP) is 0.154. The van der Waals surface area contributed by atoms with Gasteiger partial charge in [-0.1, -0.05) is 6.58 Å². The fourth-order valence-corrected chi connectivity index (χ4v) is 1.09. The Hall–Kier alpha value is -0.870. The zero-order valence-corrected chi connectivity index (χ0v) is 8.65. The average molecular weight is 201 g/mol. The van der Waals surface area contributed by atoms with E-state index in [2.05, 4.69) is 6.58 Å². The Balaban J connectivity index is 3.44. The minimum absolute atomic E-state index is 0.0901. The van der Waals surface area contributed by atoms with Crippen molar-refractivity contribution in [2.24, 2.45) is 0 Å². The average Bonchev–Trinajstić information content (AvgIpc) is 2.22. The summed E-state index contributed by atoms with van der Waals surface area (Å²) < 4.78 is 0. The molecule has 0 radical (unpaired) electrons. The summed E-state index contributed by atoms with van der Waals surface area (Å²) in [5, 5.41) is 17.6. The number of unbranched alkanes of at least 4 members (excludes halogenated alkanes) is 1. The molecule has 0 aromatic rings. The van der Waals surface area contributed by atoms with E-state index in [0.29, 0.717) is 13.0 Å². The molecule has 1 unspecified atom stereocenters. The summed E-state index contributed by atoms with van der Waals surface area (Å²) in [5.41, 5.74) is 0. The smallest absolute Gasteiger partial charge is 0.245 e. The quantitative estimate of drug-likeness (QED) is 0.455. The monoisotopic (exact) mass is 201 g/mol. The predicted molar refractivity (Wildman–Crippen MR) is 54.8 cm³/mol. The third kappa shape index (κ3) is 5.72. The van der Waals surface area contributed by atoms with E-state index in [-0.39, 0.29) is 12.5 Å². The molecule has 14 heavy (non-hydrogen) atoms. The highest BCUT2D eigenvalue weighted by Crippen LogP contribution is 2.01. The maximum absolute atomic E-state index is 11.0. The van der Waals surface area contributed by atoms with Gasteiger partial charge in [0.2, 0.25) is 5.91 Å². The number of hydrogen-bond acceptors (Lipinski definition) is 3. The summed E-state index contributed by atoms with van der Waals surface area (Å²) >= 11 is 0. The van der Waals surface area contributed by atoms with E-state index >= 15 is 0 Å². The van der Waals surface area contributed by atoms with Gasteiger partial charge in [-0.2, -0.15) is 0 Å². The molecule has 0 fully saturated rings. The highest BCUT2D eigenvalue weighted by Gasteiger charge is 2.04. The minimum atomic E-state index is -0.629. The van der Waals surface area contributed by atoms with Gasteiger partial charge in [0.05, 0.1) is 12.7 Å². The first-order chi connectivity index (χ1) is 6.61. The number of likely N-dealkylation sites (N-methyl/N-ethyl adjacent to an activating group) is 1. The Morgan fingerprint density at radius 1 is 1.57 bits per heavy atom. The maximum Gasteiger partial charge on any atom is 0.245 e. The van der Waals surface area contributed by atoms with Crippen LogP contribution in [0.2, 0.25) is 0 Å². The van der Waals surface area contributed by atoms with Crippen molar-refractivity contribution in [2.45, 2.75) is 25.4 Å². The van der Waals surface area contributed by atoms with Crippen LogP contribution in [0.15, 0.2) is 12.7 Å². The summed E-state index contributed by atoms with van der Waals surface area (Å²) in [6, 6.07) is 0. The summed E-state index contributed by atoms with van der Waals surface area (Å²) in [6.45, 7) is 3.85. The first kappa shape index (κ1) is 13.1. The molecule has 0 rings (SSSR count). The molecule has 1 amide bonds. The van der Waals surface area contributed by atoms with Crippen molar-refractivity contribution in [3.63, 3.8) is 0 Å². The molecule has 0 aliphatic heterocycles. The van der Waals surface area contributed by atoms with Crippen LogP contribution in [0.4, 0.5) is 0 Å². The largest absolute Gasteiger partial charge is 0.394 e. The lowest BCUT2D eigenvalue weighted by atomic mass is 10.1. The molecule has 0 heterocycles. The van der Waals surface area contributed by atoms with Gasteiger partial charge in [0.25, 0.3) is 0 Å². The number of hydrogen-bond donors (Lipinski definition) is 2. The summed E-state index contributed by atoms with van der Waals surface area (Å²) in [6.07, 6.45) is 2.86. The van der Waals surface area contributed by atoms with Crippen LogP contribution in [0.5, 0.6) is 0 Å². The molecule has 0 saturated heterocycles. The van der Waals surface area contributed by atoms with Crippen LogP contribution in [0, 0.1) is 0 Å². The van der Waals surface area contributed by atoms with Crippen molar-refractivity contribution in [1.82, 2.24) is 4.90 Å². The lowest BCUT2D eigenvalue weighted by Gasteiger charge is -2.15. The molecule has 2 N–H and O–H groups in total. The van der Waals surface area contributed by atoms with Gasteiger partial charge in [-0.25, -0.2) is 0 Å². The maximum atomic E-state index is 11.0. The van der Waals surface area contributed by atoms with Crippen LogP contribution in [0.25, 0.3) is 0 Å². The number of aliphatic hydroxyl groups is 2. The van der Waals surface area contributed by atoms with Gasteiger partial charge in [0, 0.05) is 13.6 Å². The Morgan fingerprint density at radius 3 is 2.71 bits per heavy atom. The van der Waals surface area contributed by atoms with Crippen LogP contribution in [-0.2, 0) is 4.79 Å². The summed E-state index contributed by atoms with van der Waals surface area (Å²) in [7, 11) is 1.71. The summed E-state index contributed by atoms with van der Waals surface area (Å²) in [5.74, 6) is -0.0901. The fraction of sp³-hybridized carbons (Fsp3) is 0.700. The second kappa shape index (κ2) is 7.53. The first-order valence-electron chi connectivity index (χ1n) is 4.78. The molecular formula is C10H19NO3. The van der Waals surface area contributed by atoms with Crippen LogP contribution >= 0.6 is 0 Å². The Labute approximate surface area is 84.8 Å². The second-order valence-electron chi connectivity index (χ2n) is 3.30. The molecule has 0 aliphatic rings. The molecular weight excluding hydrogens is 182 g/mol. The van der Waals surface area contributed by atoms with Crippen molar-refractivity contribution in [3.05, 3.63) is 12.7 Å². The van der Waals surface area contributed by atoms with Crippen molar-refractivity contribution in [1.29, 1.82) is 0 Å². The Kier molecular flexibility index (Phi) is 7.06. The van der Waals surface area contributed by atoms with Crippen molar-refractivity contribution in [3.8, 4) is 0 Å². The van der Waals surface area contributed by atoms with E-state index in [1.54, 1.807) is 11.9 Å².